The molecule has 4 amide bonds. The van der Waals surface area contributed by atoms with Crippen LogP contribution in [0.1, 0.15) is 18.4 Å². The van der Waals surface area contributed by atoms with Gasteiger partial charge in [0.15, 0.2) is 0 Å². The van der Waals surface area contributed by atoms with Crippen molar-refractivity contribution in [3.8, 4) is 0 Å². The van der Waals surface area contributed by atoms with E-state index >= 15 is 0 Å². The summed E-state index contributed by atoms with van der Waals surface area (Å²) in [6, 6.07) is 9.03. The highest BCUT2D eigenvalue weighted by molar-refractivity contribution is 5.80. The number of amides is 4. The summed E-state index contributed by atoms with van der Waals surface area (Å²) in [7, 11) is 0. The number of benzene rings is 1. The van der Waals surface area contributed by atoms with Crippen molar-refractivity contribution < 1.29 is 14.4 Å². The molecule has 0 unspecified atom stereocenters. The van der Waals surface area contributed by atoms with Crippen molar-refractivity contribution in [1.82, 2.24) is 15.1 Å². The molecule has 1 heterocycles. The van der Waals surface area contributed by atoms with Gasteiger partial charge in [-0.3, -0.25) is 9.59 Å². The van der Waals surface area contributed by atoms with Gasteiger partial charge in [0.25, 0.3) is 0 Å². The van der Waals surface area contributed by atoms with Crippen molar-refractivity contribution in [2.24, 2.45) is 5.73 Å². The Labute approximate surface area is 141 Å². The standard InChI is InChI=1S/C17H24N4O3/c18-17(24)21-10-4-9-20(11-12-21)16(23)7-8-19-15(22)13-14-5-2-1-3-6-14/h1-3,5-6H,4,7-13H2,(H2,18,24)(H,19,22). The van der Waals surface area contributed by atoms with Crippen molar-refractivity contribution in [3.05, 3.63) is 35.9 Å². The molecule has 0 aliphatic carbocycles. The molecule has 3 N–H and O–H groups in total. The monoisotopic (exact) mass is 332 g/mol. The maximum absolute atomic E-state index is 12.2. The maximum Gasteiger partial charge on any atom is 0.314 e. The lowest BCUT2D eigenvalue weighted by atomic mass is 10.1. The Hall–Kier alpha value is -2.57. The van der Waals surface area contributed by atoms with Crippen molar-refractivity contribution >= 4 is 17.8 Å². The Kier molecular flexibility index (Phi) is 6.60. The van der Waals surface area contributed by atoms with E-state index in [1.54, 1.807) is 9.80 Å². The van der Waals surface area contributed by atoms with Gasteiger partial charge in [-0.15, -0.1) is 0 Å². The molecule has 0 radical (unpaired) electrons. The zero-order valence-corrected chi connectivity index (χ0v) is 13.7. The third kappa shape index (κ3) is 5.57. The molecule has 0 spiro atoms. The smallest absolute Gasteiger partial charge is 0.314 e. The van der Waals surface area contributed by atoms with E-state index in [4.69, 9.17) is 5.73 Å². The summed E-state index contributed by atoms with van der Waals surface area (Å²) in [5.41, 5.74) is 6.22. The Bertz CT molecular complexity index is 576. The largest absolute Gasteiger partial charge is 0.355 e. The second-order valence-corrected chi connectivity index (χ2v) is 5.82. The summed E-state index contributed by atoms with van der Waals surface area (Å²) in [5.74, 6) is -0.105. The van der Waals surface area contributed by atoms with Gasteiger partial charge < -0.3 is 20.9 Å². The van der Waals surface area contributed by atoms with Crippen LogP contribution in [0, 0.1) is 0 Å². The summed E-state index contributed by atoms with van der Waals surface area (Å²) >= 11 is 0. The molecule has 1 aromatic carbocycles. The first kappa shape index (κ1) is 17.8. The van der Waals surface area contributed by atoms with Crippen molar-refractivity contribution in [2.45, 2.75) is 19.3 Å². The first-order chi connectivity index (χ1) is 11.6. The molecule has 1 aliphatic rings. The predicted molar refractivity (Wildman–Crippen MR) is 90.1 cm³/mol. The molecule has 0 saturated carbocycles. The summed E-state index contributed by atoms with van der Waals surface area (Å²) in [5, 5.41) is 2.77. The van der Waals surface area contributed by atoms with Crippen LogP contribution < -0.4 is 11.1 Å². The second kappa shape index (κ2) is 8.90. The van der Waals surface area contributed by atoms with Gasteiger partial charge in [0.1, 0.15) is 0 Å². The van der Waals surface area contributed by atoms with Crippen molar-refractivity contribution in [1.29, 1.82) is 0 Å². The van der Waals surface area contributed by atoms with Crippen LogP contribution in [-0.4, -0.2) is 60.4 Å². The Morgan fingerprint density at radius 1 is 1.00 bits per heavy atom. The van der Waals surface area contributed by atoms with Crippen LogP contribution in [0.25, 0.3) is 0 Å². The third-order valence-electron chi connectivity index (χ3n) is 4.03. The van der Waals surface area contributed by atoms with E-state index in [0.717, 1.165) is 12.0 Å². The lowest BCUT2D eigenvalue weighted by Gasteiger charge is -2.21. The molecule has 0 aromatic heterocycles. The molecule has 1 fully saturated rings. The number of nitrogens with two attached hydrogens (primary N) is 1. The van der Waals surface area contributed by atoms with E-state index in [1.165, 1.54) is 0 Å². The lowest BCUT2D eigenvalue weighted by molar-refractivity contribution is -0.131. The van der Waals surface area contributed by atoms with Gasteiger partial charge in [-0.05, 0) is 12.0 Å². The molecule has 130 valence electrons. The van der Waals surface area contributed by atoms with Gasteiger partial charge in [0.05, 0.1) is 6.42 Å². The SMILES string of the molecule is NC(=O)N1CCCN(C(=O)CCNC(=O)Cc2ccccc2)CC1. The Morgan fingerprint density at radius 2 is 1.67 bits per heavy atom. The predicted octanol–water partition coefficient (Wildman–Crippen LogP) is 0.348. The first-order valence-corrected chi connectivity index (χ1v) is 8.19. The average molecular weight is 332 g/mol. The number of nitrogens with one attached hydrogen (secondary N) is 1. The van der Waals surface area contributed by atoms with Gasteiger partial charge in [0, 0.05) is 39.1 Å². The van der Waals surface area contributed by atoms with Gasteiger partial charge in [-0.1, -0.05) is 30.3 Å². The van der Waals surface area contributed by atoms with Crippen LogP contribution in [0.2, 0.25) is 0 Å². The summed E-state index contributed by atoms with van der Waals surface area (Å²) < 4.78 is 0. The fraction of sp³-hybridized carbons (Fsp3) is 0.471. The molecular weight excluding hydrogens is 308 g/mol. The Morgan fingerprint density at radius 3 is 2.38 bits per heavy atom. The van der Waals surface area contributed by atoms with Crippen LogP contribution >= 0.6 is 0 Å². The summed E-state index contributed by atoms with van der Waals surface area (Å²) in [6.45, 7) is 2.45. The van der Waals surface area contributed by atoms with Crippen LogP contribution in [0.5, 0.6) is 0 Å². The molecule has 0 atom stereocenters. The normalized spacial score (nSPS) is 14.8. The number of nitrogens with zero attached hydrogens (tertiary/aromatic N) is 2. The quantitative estimate of drug-likeness (QED) is 0.814. The van der Waals surface area contributed by atoms with E-state index in [-0.39, 0.29) is 18.2 Å². The number of urea groups is 1. The van der Waals surface area contributed by atoms with Crippen LogP contribution in [0.4, 0.5) is 4.79 Å². The second-order valence-electron chi connectivity index (χ2n) is 5.82. The first-order valence-electron chi connectivity index (χ1n) is 8.19. The minimum absolute atomic E-state index is 0.0127. The molecule has 1 aromatic rings. The number of primary amides is 1. The third-order valence-corrected chi connectivity index (χ3v) is 4.03. The van der Waals surface area contributed by atoms with Crippen LogP contribution in [0.15, 0.2) is 30.3 Å². The minimum Gasteiger partial charge on any atom is -0.355 e. The van der Waals surface area contributed by atoms with E-state index in [2.05, 4.69) is 5.32 Å². The molecule has 24 heavy (non-hydrogen) atoms. The zero-order chi connectivity index (χ0) is 17.4. The van der Waals surface area contributed by atoms with Gasteiger partial charge in [-0.2, -0.15) is 0 Å². The van der Waals surface area contributed by atoms with Crippen molar-refractivity contribution in [3.63, 3.8) is 0 Å². The average Bonchev–Trinajstić information content (AvgIpc) is 2.82. The highest BCUT2D eigenvalue weighted by atomic mass is 16.2. The minimum atomic E-state index is -0.447. The zero-order valence-electron chi connectivity index (χ0n) is 13.7. The van der Waals surface area contributed by atoms with E-state index in [9.17, 15) is 14.4 Å². The van der Waals surface area contributed by atoms with Crippen molar-refractivity contribution in [2.75, 3.05) is 32.7 Å². The molecule has 1 saturated heterocycles. The molecular formula is C17H24N4O3. The molecule has 0 bridgehead atoms. The molecule has 1 aliphatic heterocycles. The molecule has 2 rings (SSSR count). The number of carbonyl (C=O) groups is 3. The van der Waals surface area contributed by atoms with Gasteiger partial charge in [-0.25, -0.2) is 4.79 Å². The highest BCUT2D eigenvalue weighted by Gasteiger charge is 2.20. The topological polar surface area (TPSA) is 95.7 Å². The number of carbonyl (C=O) groups excluding carboxylic acids is 3. The lowest BCUT2D eigenvalue weighted by Crippen LogP contribution is -2.40. The molecule has 7 nitrogen and oxygen atoms in total. The number of hydrogen-bond donors (Lipinski definition) is 2. The van der Waals surface area contributed by atoms with Crippen LogP contribution in [-0.2, 0) is 16.0 Å². The van der Waals surface area contributed by atoms with Gasteiger partial charge in [0.2, 0.25) is 11.8 Å². The van der Waals surface area contributed by atoms with Crippen LogP contribution in [0.3, 0.4) is 0 Å². The number of hydrogen-bond acceptors (Lipinski definition) is 3. The number of rotatable bonds is 5. The highest BCUT2D eigenvalue weighted by Crippen LogP contribution is 2.05. The molecule has 7 heteroatoms. The maximum atomic E-state index is 12.2. The van der Waals surface area contributed by atoms with Gasteiger partial charge >= 0.3 is 6.03 Å². The van der Waals surface area contributed by atoms with E-state index in [1.807, 2.05) is 30.3 Å². The van der Waals surface area contributed by atoms with E-state index < -0.39 is 6.03 Å². The Balaban J connectivity index is 1.69. The fourth-order valence-electron chi connectivity index (χ4n) is 2.70. The summed E-state index contributed by atoms with van der Waals surface area (Å²) in [4.78, 5) is 38.5. The summed E-state index contributed by atoms with van der Waals surface area (Å²) in [6.07, 6.45) is 1.29. The fourth-order valence-corrected chi connectivity index (χ4v) is 2.70. The van der Waals surface area contributed by atoms with E-state index in [0.29, 0.717) is 39.1 Å².